The Balaban J connectivity index is 2.39. The first-order valence-corrected chi connectivity index (χ1v) is 2.91. The molecule has 1 rings (SSSR count). The lowest BCUT2D eigenvalue weighted by molar-refractivity contribution is 0.513. The van der Waals surface area contributed by atoms with E-state index in [-0.39, 0.29) is 0 Å². The van der Waals surface area contributed by atoms with E-state index in [0.29, 0.717) is 0 Å². The normalized spacial score (nSPS) is 17.9. The van der Waals surface area contributed by atoms with Crippen molar-refractivity contribution in [1.29, 1.82) is 0 Å². The molecule has 0 aromatic carbocycles. The first-order valence-electron chi connectivity index (χ1n) is 2.91. The monoisotopic (exact) mass is 106 g/mol. The van der Waals surface area contributed by atoms with Crippen molar-refractivity contribution in [3.8, 4) is 12.0 Å². The zero-order valence-electron chi connectivity index (χ0n) is 5.15. The number of hydrogen-bond acceptors (Lipinski definition) is 1. The van der Waals surface area contributed by atoms with Gasteiger partial charge in [-0.05, 0) is 6.32 Å². The summed E-state index contributed by atoms with van der Waals surface area (Å²) in [4.78, 5) is 2.03. The van der Waals surface area contributed by atoms with Crippen LogP contribution in [0.15, 0.2) is 0 Å². The average molecular weight is 106 g/mol. The Hall–Kier alpha value is -0.575. The second-order valence-electron chi connectivity index (χ2n) is 1.99. The van der Waals surface area contributed by atoms with Gasteiger partial charge in [-0.25, -0.2) is 0 Å². The Morgan fingerprint density at radius 3 is 3.38 bits per heavy atom. The van der Waals surface area contributed by atoms with Crippen LogP contribution in [-0.2, 0) is 0 Å². The van der Waals surface area contributed by atoms with E-state index in [1.807, 2.05) is 11.9 Å². The maximum Gasteiger partial charge on any atom is 0.127 e. The molecule has 1 nitrogen and oxygen atoms in total. The summed E-state index contributed by atoms with van der Waals surface area (Å²) in [6.45, 7) is 1.09. The molecule has 0 unspecified atom stereocenters. The van der Waals surface area contributed by atoms with Gasteiger partial charge in [0.05, 0.1) is 0 Å². The summed E-state index contributed by atoms with van der Waals surface area (Å²) in [6, 6.07) is 3.00. The first-order chi connectivity index (χ1) is 3.89. The largest absolute Gasteiger partial charge is 0.336 e. The summed E-state index contributed by atoms with van der Waals surface area (Å²) in [7, 11) is 4.24. The lowest BCUT2D eigenvalue weighted by atomic mass is 9.72. The highest BCUT2D eigenvalue weighted by Crippen LogP contribution is 1.92. The fourth-order valence-corrected chi connectivity index (χ4v) is 0.696. The molecule has 8 heavy (non-hydrogen) atoms. The predicted octanol–water partition coefficient (Wildman–Crippen LogP) is 0.433. The third-order valence-corrected chi connectivity index (χ3v) is 1.18. The first kappa shape index (κ1) is 5.56. The molecule has 0 saturated heterocycles. The van der Waals surface area contributed by atoms with Crippen molar-refractivity contribution in [2.45, 2.75) is 12.6 Å². The van der Waals surface area contributed by atoms with Crippen molar-refractivity contribution in [3.05, 3.63) is 0 Å². The van der Waals surface area contributed by atoms with E-state index in [2.05, 4.69) is 19.2 Å². The maximum atomic E-state index is 3.02. The molecule has 1 heterocycles. The maximum absolute atomic E-state index is 3.02. The molecular formula is C6H9BN. The summed E-state index contributed by atoms with van der Waals surface area (Å²) >= 11 is 0. The van der Waals surface area contributed by atoms with Gasteiger partial charge in [0.25, 0.3) is 0 Å². The molecule has 0 aliphatic carbocycles. The number of rotatable bonds is 0. The third kappa shape index (κ3) is 1.50. The molecule has 0 saturated carbocycles. The van der Waals surface area contributed by atoms with E-state index < -0.39 is 0 Å². The van der Waals surface area contributed by atoms with E-state index in [0.717, 1.165) is 19.2 Å². The van der Waals surface area contributed by atoms with E-state index in [4.69, 9.17) is 0 Å². The number of nitrogens with zero attached hydrogens (tertiary/aromatic N) is 1. The summed E-state index contributed by atoms with van der Waals surface area (Å²) in [6.07, 6.45) is 2.13. The van der Waals surface area contributed by atoms with Crippen LogP contribution in [0.2, 0.25) is 12.6 Å². The molecule has 1 aliphatic heterocycles. The van der Waals surface area contributed by atoms with Gasteiger partial charge in [0.15, 0.2) is 0 Å². The molecule has 41 valence electrons. The van der Waals surface area contributed by atoms with Crippen molar-refractivity contribution >= 4 is 7.28 Å². The van der Waals surface area contributed by atoms with Crippen molar-refractivity contribution in [2.24, 2.45) is 0 Å². The van der Waals surface area contributed by atoms with Crippen LogP contribution in [0.4, 0.5) is 0 Å². The van der Waals surface area contributed by atoms with Crippen LogP contribution in [0.1, 0.15) is 0 Å². The van der Waals surface area contributed by atoms with Gasteiger partial charge in [0.2, 0.25) is 0 Å². The Labute approximate surface area is 51.3 Å². The zero-order chi connectivity index (χ0) is 5.82. The summed E-state index contributed by atoms with van der Waals surface area (Å²) in [5.74, 6) is 3.02. The summed E-state index contributed by atoms with van der Waals surface area (Å²) < 4.78 is 0. The Kier molecular flexibility index (Phi) is 1.85. The lowest BCUT2D eigenvalue weighted by Crippen LogP contribution is -2.11. The van der Waals surface area contributed by atoms with Crippen LogP contribution in [0.5, 0.6) is 0 Å². The van der Waals surface area contributed by atoms with Gasteiger partial charge in [-0.2, -0.15) is 0 Å². The molecule has 0 N–H and O–H groups in total. The Morgan fingerprint density at radius 2 is 2.50 bits per heavy atom. The molecule has 0 atom stereocenters. The molecule has 0 bridgehead atoms. The second-order valence-corrected chi connectivity index (χ2v) is 1.99. The van der Waals surface area contributed by atoms with E-state index in [1.165, 1.54) is 0 Å². The van der Waals surface area contributed by atoms with Crippen LogP contribution >= 0.6 is 0 Å². The summed E-state index contributed by atoms with van der Waals surface area (Å²) in [5.41, 5.74) is 0. The van der Waals surface area contributed by atoms with E-state index in [1.54, 1.807) is 0 Å². The van der Waals surface area contributed by atoms with Gasteiger partial charge >= 0.3 is 0 Å². The van der Waals surface area contributed by atoms with Crippen molar-refractivity contribution < 1.29 is 0 Å². The van der Waals surface area contributed by atoms with Gasteiger partial charge in [0, 0.05) is 19.6 Å². The number of hydrogen-bond donors (Lipinski definition) is 0. The second kappa shape index (κ2) is 2.66. The van der Waals surface area contributed by atoms with Crippen molar-refractivity contribution in [3.63, 3.8) is 0 Å². The molecule has 2 heteroatoms. The molecular weight excluding hydrogens is 96.9 g/mol. The van der Waals surface area contributed by atoms with Gasteiger partial charge in [-0.15, -0.1) is 0 Å². The highest BCUT2D eigenvalue weighted by atomic mass is 15.1. The van der Waals surface area contributed by atoms with Crippen molar-refractivity contribution in [2.75, 3.05) is 13.6 Å². The summed E-state index contributed by atoms with van der Waals surface area (Å²) in [5, 5.41) is 0. The quantitative estimate of drug-likeness (QED) is 0.319. The predicted molar refractivity (Wildman–Crippen MR) is 35.8 cm³/mol. The van der Waals surface area contributed by atoms with Crippen LogP contribution in [0.3, 0.4) is 0 Å². The van der Waals surface area contributed by atoms with Crippen LogP contribution < -0.4 is 0 Å². The third-order valence-electron chi connectivity index (χ3n) is 1.18. The highest BCUT2D eigenvalue weighted by molar-refractivity contribution is 6.36. The zero-order valence-corrected chi connectivity index (χ0v) is 5.15. The molecule has 0 aromatic rings. The van der Waals surface area contributed by atoms with Crippen LogP contribution in [-0.4, -0.2) is 25.8 Å². The molecule has 0 fully saturated rings. The fraction of sp³-hybridized carbons (Fsp3) is 0.667. The van der Waals surface area contributed by atoms with Crippen molar-refractivity contribution in [1.82, 2.24) is 4.90 Å². The Bertz CT molecular complexity index is 122. The minimum atomic E-state index is 0.963. The molecule has 1 aliphatic rings. The van der Waals surface area contributed by atoms with Crippen LogP contribution in [0, 0.1) is 12.0 Å². The molecule has 1 radical (unpaired) electrons. The molecule has 0 spiro atoms. The lowest BCUT2D eigenvalue weighted by Gasteiger charge is -2.05. The van der Waals surface area contributed by atoms with Crippen LogP contribution in [0.25, 0.3) is 0 Å². The van der Waals surface area contributed by atoms with E-state index in [9.17, 15) is 0 Å². The average Bonchev–Trinajstić information content (AvgIpc) is 1.94. The minimum Gasteiger partial charge on any atom is -0.336 e. The van der Waals surface area contributed by atoms with Gasteiger partial charge in [0.1, 0.15) is 7.28 Å². The van der Waals surface area contributed by atoms with Gasteiger partial charge < -0.3 is 4.90 Å². The molecule has 0 amide bonds. The van der Waals surface area contributed by atoms with Gasteiger partial charge in [-0.3, -0.25) is 0 Å². The topological polar surface area (TPSA) is 3.24 Å². The minimum absolute atomic E-state index is 0.963. The Morgan fingerprint density at radius 1 is 1.62 bits per heavy atom. The smallest absolute Gasteiger partial charge is 0.127 e. The highest BCUT2D eigenvalue weighted by Gasteiger charge is 1.95. The molecule has 0 aromatic heterocycles. The van der Waals surface area contributed by atoms with Gasteiger partial charge in [-0.1, -0.05) is 12.2 Å². The fourth-order valence-electron chi connectivity index (χ4n) is 0.696. The SMILES string of the molecule is CN1C#CC[B]CC1. The van der Waals surface area contributed by atoms with E-state index >= 15 is 0 Å². The standard InChI is InChI=1S/C6H9BN/c1-8-5-2-3-7-4-6-8/h3-4,6H2,1H3.